The van der Waals surface area contributed by atoms with Crippen molar-refractivity contribution in [2.24, 2.45) is 0 Å². The summed E-state index contributed by atoms with van der Waals surface area (Å²) in [4.78, 5) is 17.9. The highest BCUT2D eigenvalue weighted by Gasteiger charge is 2.11. The van der Waals surface area contributed by atoms with Gasteiger partial charge in [0.05, 0.1) is 6.61 Å². The smallest absolute Gasteiger partial charge is 0.325 e. The minimum atomic E-state index is -0.0501. The Morgan fingerprint density at radius 3 is 1.79 bits per heavy atom. The lowest BCUT2D eigenvalue weighted by Gasteiger charge is -2.21. The van der Waals surface area contributed by atoms with E-state index in [1.54, 1.807) is 0 Å². The van der Waals surface area contributed by atoms with E-state index in [2.05, 4.69) is 19.2 Å². The van der Waals surface area contributed by atoms with Crippen molar-refractivity contribution in [2.45, 2.75) is 117 Å². The molecule has 0 bridgehead atoms. The molecule has 0 saturated heterocycles. The molecule has 5 heteroatoms. The lowest BCUT2D eigenvalue weighted by molar-refractivity contribution is -0.191. The first-order valence-corrected chi connectivity index (χ1v) is 12.5. The van der Waals surface area contributed by atoms with Gasteiger partial charge in [0, 0.05) is 26.1 Å². The second-order valence-corrected chi connectivity index (χ2v) is 8.21. The number of carbonyl (C=O) groups is 1. The molecule has 0 heterocycles. The van der Waals surface area contributed by atoms with Gasteiger partial charge >= 0.3 is 5.97 Å². The fourth-order valence-corrected chi connectivity index (χ4v) is 3.43. The monoisotopic (exact) mass is 414 g/mol. The average molecular weight is 415 g/mol. The Morgan fingerprint density at radius 2 is 1.24 bits per heavy atom. The summed E-state index contributed by atoms with van der Waals surface area (Å²) in [6.45, 7) is 8.12. The predicted molar refractivity (Wildman–Crippen MR) is 123 cm³/mol. The third-order valence-electron chi connectivity index (χ3n) is 5.28. The number of hydrogen-bond donors (Lipinski definition) is 2. The summed E-state index contributed by atoms with van der Waals surface area (Å²) in [6, 6.07) is 0. The Kier molecular flexibility index (Phi) is 23.1. The third kappa shape index (κ3) is 21.9. The fraction of sp³-hybridized carbons (Fsp3) is 0.958. The molecule has 0 spiro atoms. The summed E-state index contributed by atoms with van der Waals surface area (Å²) in [5.41, 5.74) is 0. The van der Waals surface area contributed by atoms with E-state index in [0.29, 0.717) is 13.0 Å². The third-order valence-corrected chi connectivity index (χ3v) is 5.28. The summed E-state index contributed by atoms with van der Waals surface area (Å²) in [5, 5.41) is 13.8. The van der Waals surface area contributed by atoms with E-state index >= 15 is 0 Å². The number of hydrogen-bond acceptors (Lipinski definition) is 5. The largest absolute Gasteiger partial charge is 0.395 e. The van der Waals surface area contributed by atoms with Crippen molar-refractivity contribution in [3.63, 3.8) is 0 Å². The fourth-order valence-electron chi connectivity index (χ4n) is 3.43. The van der Waals surface area contributed by atoms with Crippen molar-refractivity contribution in [3.8, 4) is 0 Å². The molecule has 0 aromatic heterocycles. The molecule has 29 heavy (non-hydrogen) atoms. The zero-order valence-corrected chi connectivity index (χ0v) is 19.6. The van der Waals surface area contributed by atoms with Gasteiger partial charge in [0.25, 0.3) is 0 Å². The van der Waals surface area contributed by atoms with E-state index in [4.69, 9.17) is 9.94 Å². The first-order valence-electron chi connectivity index (χ1n) is 12.5. The van der Waals surface area contributed by atoms with Gasteiger partial charge in [-0.3, -0.25) is 4.79 Å². The van der Waals surface area contributed by atoms with Crippen LogP contribution in [0.2, 0.25) is 0 Å². The highest BCUT2D eigenvalue weighted by molar-refractivity contribution is 5.68. The van der Waals surface area contributed by atoms with Crippen LogP contribution in [0.15, 0.2) is 0 Å². The van der Waals surface area contributed by atoms with Crippen molar-refractivity contribution in [1.29, 1.82) is 0 Å². The molecule has 0 atom stereocenters. The highest BCUT2D eigenvalue weighted by Crippen LogP contribution is 2.11. The Morgan fingerprint density at radius 1 is 0.724 bits per heavy atom. The molecule has 0 saturated carbocycles. The molecule has 0 aliphatic heterocycles. The highest BCUT2D eigenvalue weighted by atomic mass is 16.7. The molecule has 0 aliphatic rings. The standard InChI is InChI=1S/C24H50N2O3/c1-3-5-7-16-21-26(22-17-8-6-4-2)29-24(28)18-14-12-10-9-11-13-15-19-25-20-23-27/h25,27H,3-23H2,1-2H3. The molecule has 0 aromatic carbocycles. The van der Waals surface area contributed by atoms with Crippen LogP contribution in [0.3, 0.4) is 0 Å². The van der Waals surface area contributed by atoms with Gasteiger partial charge in [-0.15, -0.1) is 5.06 Å². The van der Waals surface area contributed by atoms with Gasteiger partial charge < -0.3 is 15.3 Å². The summed E-state index contributed by atoms with van der Waals surface area (Å²) < 4.78 is 0. The van der Waals surface area contributed by atoms with Crippen molar-refractivity contribution >= 4 is 5.97 Å². The van der Waals surface area contributed by atoms with Crippen LogP contribution in [0, 0.1) is 0 Å². The maximum Gasteiger partial charge on any atom is 0.325 e. The van der Waals surface area contributed by atoms with Crippen molar-refractivity contribution < 1.29 is 14.7 Å². The normalized spacial score (nSPS) is 11.3. The Balaban J connectivity index is 3.73. The number of carbonyl (C=O) groups excluding carboxylic acids is 1. The van der Waals surface area contributed by atoms with Crippen molar-refractivity contribution in [1.82, 2.24) is 10.4 Å². The van der Waals surface area contributed by atoms with Crippen LogP contribution in [0.25, 0.3) is 0 Å². The molecule has 0 amide bonds. The molecule has 2 N–H and O–H groups in total. The first kappa shape index (κ1) is 28.4. The minimum absolute atomic E-state index is 0.0501. The summed E-state index contributed by atoms with van der Waals surface area (Å²) >= 11 is 0. The van der Waals surface area contributed by atoms with Crippen LogP contribution in [-0.4, -0.2) is 48.9 Å². The summed E-state index contributed by atoms with van der Waals surface area (Å²) in [7, 11) is 0. The van der Waals surface area contributed by atoms with Crippen LogP contribution < -0.4 is 5.32 Å². The number of unbranched alkanes of at least 4 members (excludes halogenated alkanes) is 12. The Bertz CT molecular complexity index is 328. The van der Waals surface area contributed by atoms with Crippen LogP contribution in [0.4, 0.5) is 0 Å². The van der Waals surface area contributed by atoms with E-state index in [0.717, 1.165) is 45.3 Å². The quantitative estimate of drug-likeness (QED) is 0.168. The van der Waals surface area contributed by atoms with Gasteiger partial charge in [-0.05, 0) is 32.2 Å². The number of hydroxylamine groups is 2. The average Bonchev–Trinajstić information content (AvgIpc) is 2.72. The van der Waals surface area contributed by atoms with Crippen molar-refractivity contribution in [3.05, 3.63) is 0 Å². The summed E-state index contributed by atoms with van der Waals surface area (Å²) in [6.07, 6.45) is 18.4. The topological polar surface area (TPSA) is 61.8 Å². The number of nitrogens with one attached hydrogen (secondary N) is 1. The second kappa shape index (κ2) is 23.6. The maximum atomic E-state index is 12.2. The van der Waals surface area contributed by atoms with E-state index in [9.17, 15) is 4.79 Å². The minimum Gasteiger partial charge on any atom is -0.395 e. The van der Waals surface area contributed by atoms with E-state index < -0.39 is 0 Å². The number of nitrogens with zero attached hydrogens (tertiary/aromatic N) is 1. The SMILES string of the molecule is CCCCCCN(CCCCCC)OC(=O)CCCCCCCCCNCCO. The molecule has 0 rings (SSSR count). The Hall–Kier alpha value is -0.650. The van der Waals surface area contributed by atoms with Crippen LogP contribution in [-0.2, 0) is 9.63 Å². The molecular weight excluding hydrogens is 364 g/mol. The van der Waals surface area contributed by atoms with Crippen LogP contribution in [0.1, 0.15) is 117 Å². The second-order valence-electron chi connectivity index (χ2n) is 8.21. The lowest BCUT2D eigenvalue weighted by atomic mass is 10.1. The van der Waals surface area contributed by atoms with Gasteiger partial charge in [-0.2, -0.15) is 0 Å². The predicted octanol–water partition coefficient (Wildman–Crippen LogP) is 5.61. The number of aliphatic hydroxyl groups is 1. The molecule has 0 fully saturated rings. The van der Waals surface area contributed by atoms with Crippen molar-refractivity contribution in [2.75, 3.05) is 32.8 Å². The molecule has 5 nitrogen and oxygen atoms in total. The zero-order chi connectivity index (χ0) is 21.4. The molecule has 0 unspecified atom stereocenters. The van der Waals surface area contributed by atoms with Gasteiger partial charge in [0.1, 0.15) is 0 Å². The van der Waals surface area contributed by atoms with E-state index in [1.807, 2.05) is 5.06 Å². The van der Waals surface area contributed by atoms with Crippen LogP contribution in [0.5, 0.6) is 0 Å². The number of rotatable bonds is 23. The Labute approximate surface area is 180 Å². The molecule has 0 aromatic rings. The van der Waals surface area contributed by atoms with E-state index in [-0.39, 0.29) is 12.6 Å². The van der Waals surface area contributed by atoms with E-state index in [1.165, 1.54) is 70.6 Å². The van der Waals surface area contributed by atoms with Gasteiger partial charge in [-0.25, -0.2) is 0 Å². The van der Waals surface area contributed by atoms with Crippen LogP contribution >= 0.6 is 0 Å². The lowest BCUT2D eigenvalue weighted by Crippen LogP contribution is -2.29. The number of aliphatic hydroxyl groups excluding tert-OH is 1. The molecule has 0 aliphatic carbocycles. The summed E-state index contributed by atoms with van der Waals surface area (Å²) in [5.74, 6) is -0.0501. The zero-order valence-electron chi connectivity index (χ0n) is 19.6. The first-order chi connectivity index (χ1) is 14.2. The molecular formula is C24H50N2O3. The molecule has 0 radical (unpaired) electrons. The van der Waals surface area contributed by atoms with Gasteiger partial charge in [0.15, 0.2) is 0 Å². The van der Waals surface area contributed by atoms with Gasteiger partial charge in [-0.1, -0.05) is 84.5 Å². The molecule has 174 valence electrons. The maximum absolute atomic E-state index is 12.2. The van der Waals surface area contributed by atoms with Gasteiger partial charge in [0.2, 0.25) is 0 Å².